The molecular formula is C12H17NO4S. The highest BCUT2D eigenvalue weighted by Gasteiger charge is 2.23. The van der Waals surface area contributed by atoms with Crippen LogP contribution in [0.2, 0.25) is 0 Å². The van der Waals surface area contributed by atoms with Gasteiger partial charge in [0.1, 0.15) is 0 Å². The zero-order valence-electron chi connectivity index (χ0n) is 10.7. The smallest absolute Gasteiger partial charge is 0.335 e. The summed E-state index contributed by atoms with van der Waals surface area (Å²) in [6.07, 6.45) is 0.534. The van der Waals surface area contributed by atoms with E-state index in [0.29, 0.717) is 18.5 Å². The molecular weight excluding hydrogens is 254 g/mol. The van der Waals surface area contributed by atoms with Crippen molar-refractivity contribution in [2.75, 3.05) is 13.6 Å². The largest absolute Gasteiger partial charge is 0.478 e. The van der Waals surface area contributed by atoms with Gasteiger partial charge in [-0.1, -0.05) is 19.9 Å². The summed E-state index contributed by atoms with van der Waals surface area (Å²) >= 11 is 0. The summed E-state index contributed by atoms with van der Waals surface area (Å²) < 4.78 is 25.7. The molecule has 0 fully saturated rings. The van der Waals surface area contributed by atoms with Crippen molar-refractivity contribution < 1.29 is 18.3 Å². The Bertz CT molecular complexity index is 551. The second kappa shape index (κ2) is 5.49. The third-order valence-electron chi connectivity index (χ3n) is 2.83. The minimum atomic E-state index is -3.62. The fraction of sp³-hybridized carbons (Fsp3) is 0.417. The van der Waals surface area contributed by atoms with Gasteiger partial charge < -0.3 is 5.11 Å². The maximum absolute atomic E-state index is 12.3. The number of hydrogen-bond donors (Lipinski definition) is 1. The SMILES string of the molecule is CCc1ccc(C(=O)O)cc1S(=O)(=O)N(C)CC. The summed E-state index contributed by atoms with van der Waals surface area (Å²) in [5, 5.41) is 8.93. The Hall–Kier alpha value is -1.40. The fourth-order valence-electron chi connectivity index (χ4n) is 1.56. The molecule has 0 bridgehead atoms. The van der Waals surface area contributed by atoms with Crippen LogP contribution in [0.5, 0.6) is 0 Å². The zero-order valence-corrected chi connectivity index (χ0v) is 11.5. The minimum absolute atomic E-state index is 0.0183. The predicted octanol–water partition coefficient (Wildman–Crippen LogP) is 1.59. The van der Waals surface area contributed by atoms with Crippen LogP contribution in [-0.2, 0) is 16.4 Å². The molecule has 18 heavy (non-hydrogen) atoms. The Labute approximate surface area is 107 Å². The molecule has 0 aliphatic heterocycles. The van der Waals surface area contributed by atoms with E-state index in [-0.39, 0.29) is 10.5 Å². The van der Waals surface area contributed by atoms with Gasteiger partial charge in [0.25, 0.3) is 0 Å². The maximum atomic E-state index is 12.3. The van der Waals surface area contributed by atoms with E-state index in [0.717, 1.165) is 0 Å². The second-order valence-corrected chi connectivity index (χ2v) is 5.91. The highest BCUT2D eigenvalue weighted by molar-refractivity contribution is 7.89. The third kappa shape index (κ3) is 2.70. The van der Waals surface area contributed by atoms with Gasteiger partial charge in [-0.3, -0.25) is 0 Å². The van der Waals surface area contributed by atoms with Crippen LogP contribution < -0.4 is 0 Å². The molecule has 0 heterocycles. The van der Waals surface area contributed by atoms with Crippen molar-refractivity contribution in [3.63, 3.8) is 0 Å². The molecule has 5 nitrogen and oxygen atoms in total. The van der Waals surface area contributed by atoms with E-state index >= 15 is 0 Å². The number of carboxylic acids is 1. The van der Waals surface area contributed by atoms with Crippen molar-refractivity contribution >= 4 is 16.0 Å². The molecule has 0 unspecified atom stereocenters. The molecule has 0 aliphatic rings. The van der Waals surface area contributed by atoms with Crippen molar-refractivity contribution in [1.82, 2.24) is 4.31 Å². The first-order valence-corrected chi connectivity index (χ1v) is 7.11. The van der Waals surface area contributed by atoms with Crippen LogP contribution in [0.4, 0.5) is 0 Å². The minimum Gasteiger partial charge on any atom is -0.478 e. The lowest BCUT2D eigenvalue weighted by Gasteiger charge is -2.17. The summed E-state index contributed by atoms with van der Waals surface area (Å²) in [6.45, 7) is 3.90. The van der Waals surface area contributed by atoms with Gasteiger partial charge in [0.05, 0.1) is 10.5 Å². The molecule has 1 N–H and O–H groups in total. The van der Waals surface area contributed by atoms with Crippen LogP contribution in [0.15, 0.2) is 23.1 Å². The van der Waals surface area contributed by atoms with Gasteiger partial charge in [-0.2, -0.15) is 0 Å². The van der Waals surface area contributed by atoms with E-state index < -0.39 is 16.0 Å². The van der Waals surface area contributed by atoms with Crippen molar-refractivity contribution in [1.29, 1.82) is 0 Å². The molecule has 0 aromatic heterocycles. The van der Waals surface area contributed by atoms with E-state index in [1.807, 2.05) is 6.92 Å². The van der Waals surface area contributed by atoms with Crippen LogP contribution in [0, 0.1) is 0 Å². The summed E-state index contributed by atoms with van der Waals surface area (Å²) in [5.74, 6) is -1.13. The number of aromatic carboxylic acids is 1. The Kier molecular flexibility index (Phi) is 4.48. The first-order chi connectivity index (χ1) is 8.34. The van der Waals surface area contributed by atoms with Crippen molar-refractivity contribution in [3.8, 4) is 0 Å². The van der Waals surface area contributed by atoms with Crippen LogP contribution in [0.1, 0.15) is 29.8 Å². The normalized spacial score (nSPS) is 11.8. The highest BCUT2D eigenvalue weighted by atomic mass is 32.2. The van der Waals surface area contributed by atoms with Gasteiger partial charge in [0.15, 0.2) is 0 Å². The maximum Gasteiger partial charge on any atom is 0.335 e. The van der Waals surface area contributed by atoms with Gasteiger partial charge in [-0.25, -0.2) is 17.5 Å². The van der Waals surface area contributed by atoms with Crippen LogP contribution >= 0.6 is 0 Å². The van der Waals surface area contributed by atoms with Crippen molar-refractivity contribution in [2.45, 2.75) is 25.2 Å². The highest BCUT2D eigenvalue weighted by Crippen LogP contribution is 2.21. The number of sulfonamides is 1. The van der Waals surface area contributed by atoms with Crippen molar-refractivity contribution in [2.24, 2.45) is 0 Å². The average molecular weight is 271 g/mol. The molecule has 0 radical (unpaired) electrons. The first-order valence-electron chi connectivity index (χ1n) is 5.67. The molecule has 6 heteroatoms. The standard InChI is InChI=1S/C12H17NO4S/c1-4-9-6-7-10(12(14)15)8-11(9)18(16,17)13(3)5-2/h6-8H,4-5H2,1-3H3,(H,14,15). The first kappa shape index (κ1) is 14.7. The predicted molar refractivity (Wildman–Crippen MR) is 68.3 cm³/mol. The Morgan fingerprint density at radius 2 is 1.94 bits per heavy atom. The number of nitrogens with zero attached hydrogens (tertiary/aromatic N) is 1. The zero-order chi connectivity index (χ0) is 13.9. The third-order valence-corrected chi connectivity index (χ3v) is 4.84. The Balaban J connectivity index is 3.46. The van der Waals surface area contributed by atoms with Crippen molar-refractivity contribution in [3.05, 3.63) is 29.3 Å². The number of carboxylic acid groups (broad SMARTS) is 1. The molecule has 1 aromatic rings. The van der Waals surface area contributed by atoms with Gasteiger partial charge >= 0.3 is 5.97 Å². The van der Waals surface area contributed by atoms with Gasteiger partial charge in [0, 0.05) is 13.6 Å². The molecule has 0 aliphatic carbocycles. The molecule has 0 spiro atoms. The van der Waals surface area contributed by atoms with E-state index in [1.165, 1.54) is 23.5 Å². The topological polar surface area (TPSA) is 74.7 Å². The molecule has 0 saturated carbocycles. The molecule has 0 atom stereocenters. The van der Waals surface area contributed by atoms with E-state index in [1.54, 1.807) is 13.0 Å². The number of benzene rings is 1. The lowest BCUT2D eigenvalue weighted by molar-refractivity contribution is 0.0696. The van der Waals surface area contributed by atoms with Crippen LogP contribution in [0.25, 0.3) is 0 Å². The number of aryl methyl sites for hydroxylation is 1. The second-order valence-electron chi connectivity index (χ2n) is 3.90. The van der Waals surface area contributed by atoms with Gasteiger partial charge in [-0.05, 0) is 24.1 Å². The summed E-state index contributed by atoms with van der Waals surface area (Å²) in [7, 11) is -2.14. The number of carbonyl (C=O) groups is 1. The van der Waals surface area contributed by atoms with Crippen LogP contribution in [-0.4, -0.2) is 37.4 Å². The van der Waals surface area contributed by atoms with E-state index in [2.05, 4.69) is 0 Å². The quantitative estimate of drug-likeness (QED) is 0.882. The van der Waals surface area contributed by atoms with E-state index in [9.17, 15) is 13.2 Å². The monoisotopic (exact) mass is 271 g/mol. The number of rotatable bonds is 5. The van der Waals surface area contributed by atoms with Gasteiger partial charge in [-0.15, -0.1) is 0 Å². The molecule has 1 rings (SSSR count). The van der Waals surface area contributed by atoms with Gasteiger partial charge in [0.2, 0.25) is 10.0 Å². The molecule has 100 valence electrons. The molecule has 0 saturated heterocycles. The Morgan fingerprint density at radius 1 is 1.33 bits per heavy atom. The molecule has 0 amide bonds. The van der Waals surface area contributed by atoms with Crippen LogP contribution in [0.3, 0.4) is 0 Å². The summed E-state index contributed by atoms with van der Waals surface area (Å²) in [6, 6.07) is 4.20. The molecule has 1 aromatic carbocycles. The lowest BCUT2D eigenvalue weighted by atomic mass is 10.1. The fourth-order valence-corrected chi connectivity index (χ4v) is 3.05. The Morgan fingerprint density at radius 3 is 2.39 bits per heavy atom. The number of hydrogen-bond acceptors (Lipinski definition) is 3. The summed E-state index contributed by atoms with van der Waals surface area (Å²) in [5.41, 5.74) is 0.607. The summed E-state index contributed by atoms with van der Waals surface area (Å²) in [4.78, 5) is 11.0. The lowest BCUT2D eigenvalue weighted by Crippen LogP contribution is -2.27. The average Bonchev–Trinajstić information content (AvgIpc) is 2.36. The van der Waals surface area contributed by atoms with E-state index in [4.69, 9.17) is 5.11 Å².